The standard InChI is InChI=1S/C17H28O3/c1-6-17(5,12-16(2,3)4)10-8-7-9-13-11-14(18)20-15(13)19/h7-8,13H,6,9-12H2,1-5H3. The Morgan fingerprint density at radius 1 is 1.20 bits per heavy atom. The molecular weight excluding hydrogens is 252 g/mol. The molecule has 1 aliphatic heterocycles. The first-order chi connectivity index (χ1) is 9.15. The number of cyclic esters (lactones) is 2. The molecule has 1 rings (SSSR count). The van der Waals surface area contributed by atoms with Crippen molar-refractivity contribution >= 4 is 11.9 Å². The van der Waals surface area contributed by atoms with Crippen molar-refractivity contribution in [3.63, 3.8) is 0 Å². The van der Waals surface area contributed by atoms with Crippen LogP contribution in [0.4, 0.5) is 0 Å². The summed E-state index contributed by atoms with van der Waals surface area (Å²) < 4.78 is 4.55. The number of rotatable bonds is 6. The first-order valence-electron chi connectivity index (χ1n) is 7.55. The largest absolute Gasteiger partial charge is 0.393 e. The van der Waals surface area contributed by atoms with Crippen LogP contribution in [0.25, 0.3) is 0 Å². The Labute approximate surface area is 122 Å². The molecule has 0 aliphatic carbocycles. The van der Waals surface area contributed by atoms with E-state index in [1.165, 1.54) is 6.42 Å². The summed E-state index contributed by atoms with van der Waals surface area (Å²) in [4.78, 5) is 22.3. The van der Waals surface area contributed by atoms with E-state index >= 15 is 0 Å². The third-order valence-corrected chi connectivity index (χ3v) is 3.97. The molecule has 3 nitrogen and oxygen atoms in total. The van der Waals surface area contributed by atoms with Crippen molar-refractivity contribution in [3.8, 4) is 0 Å². The maximum absolute atomic E-state index is 11.3. The Morgan fingerprint density at radius 3 is 2.30 bits per heavy atom. The Hall–Kier alpha value is -1.12. The lowest BCUT2D eigenvalue weighted by Gasteiger charge is -2.34. The first-order valence-corrected chi connectivity index (χ1v) is 7.55. The van der Waals surface area contributed by atoms with Crippen LogP contribution >= 0.6 is 0 Å². The summed E-state index contributed by atoms with van der Waals surface area (Å²) in [5, 5.41) is 0. The number of carbonyl (C=O) groups is 2. The zero-order chi connectivity index (χ0) is 15.4. The van der Waals surface area contributed by atoms with Crippen LogP contribution in [0.15, 0.2) is 12.2 Å². The minimum atomic E-state index is -0.389. The van der Waals surface area contributed by atoms with Gasteiger partial charge in [-0.05, 0) is 30.1 Å². The number of carbonyl (C=O) groups excluding carboxylic acids is 2. The van der Waals surface area contributed by atoms with Gasteiger partial charge in [0.1, 0.15) is 0 Å². The van der Waals surface area contributed by atoms with Crippen molar-refractivity contribution in [1.82, 2.24) is 0 Å². The average Bonchev–Trinajstić information content (AvgIpc) is 2.61. The fourth-order valence-corrected chi connectivity index (χ4v) is 2.95. The van der Waals surface area contributed by atoms with E-state index in [0.29, 0.717) is 17.3 Å². The van der Waals surface area contributed by atoms with Crippen LogP contribution in [-0.4, -0.2) is 11.9 Å². The molecule has 1 fully saturated rings. The lowest BCUT2D eigenvalue weighted by Crippen LogP contribution is -2.22. The number of esters is 2. The minimum Gasteiger partial charge on any atom is -0.393 e. The Balaban J connectivity index is 2.46. The number of hydrogen-bond donors (Lipinski definition) is 0. The van der Waals surface area contributed by atoms with Gasteiger partial charge in [0, 0.05) is 0 Å². The molecule has 0 saturated carbocycles. The first kappa shape index (κ1) is 16.9. The Kier molecular flexibility index (Phi) is 5.55. The summed E-state index contributed by atoms with van der Waals surface area (Å²) in [5.74, 6) is -1.03. The van der Waals surface area contributed by atoms with Gasteiger partial charge in [0.2, 0.25) is 0 Å². The topological polar surface area (TPSA) is 43.4 Å². The van der Waals surface area contributed by atoms with Crippen molar-refractivity contribution in [2.24, 2.45) is 16.7 Å². The molecule has 0 aromatic heterocycles. The molecule has 0 N–H and O–H groups in total. The molecular formula is C17H28O3. The van der Waals surface area contributed by atoms with Gasteiger partial charge < -0.3 is 4.74 Å². The molecule has 0 spiro atoms. The van der Waals surface area contributed by atoms with Crippen molar-refractivity contribution in [1.29, 1.82) is 0 Å². The van der Waals surface area contributed by atoms with E-state index in [1.807, 2.05) is 6.08 Å². The summed E-state index contributed by atoms with van der Waals surface area (Å²) in [6, 6.07) is 0. The van der Waals surface area contributed by atoms with Gasteiger partial charge in [-0.25, -0.2) is 0 Å². The Bertz CT molecular complexity index is 390. The molecule has 3 heteroatoms. The molecule has 114 valence electrons. The highest BCUT2D eigenvalue weighted by Crippen LogP contribution is 2.39. The third kappa shape index (κ3) is 5.48. The zero-order valence-corrected chi connectivity index (χ0v) is 13.5. The summed E-state index contributed by atoms with van der Waals surface area (Å²) >= 11 is 0. The third-order valence-electron chi connectivity index (χ3n) is 3.97. The maximum Gasteiger partial charge on any atom is 0.317 e. The van der Waals surface area contributed by atoms with Gasteiger partial charge in [0.05, 0.1) is 12.3 Å². The summed E-state index contributed by atoms with van der Waals surface area (Å²) in [7, 11) is 0. The van der Waals surface area contributed by atoms with Crippen LogP contribution < -0.4 is 0 Å². The molecule has 0 aromatic carbocycles. The van der Waals surface area contributed by atoms with Crippen LogP contribution in [-0.2, 0) is 14.3 Å². The SMILES string of the molecule is CCC(C)(CC=CCC1CC(=O)OC1=O)CC(C)(C)C. The zero-order valence-electron chi connectivity index (χ0n) is 13.5. The normalized spacial score (nSPS) is 23.1. The fourth-order valence-electron chi connectivity index (χ4n) is 2.95. The molecule has 0 radical (unpaired) electrons. The lowest BCUT2D eigenvalue weighted by atomic mass is 9.71. The predicted molar refractivity (Wildman–Crippen MR) is 80.1 cm³/mol. The fraction of sp³-hybridized carbons (Fsp3) is 0.765. The van der Waals surface area contributed by atoms with Crippen molar-refractivity contribution in [2.75, 3.05) is 0 Å². The molecule has 1 aliphatic rings. The highest BCUT2D eigenvalue weighted by Gasteiger charge is 2.32. The van der Waals surface area contributed by atoms with Gasteiger partial charge in [-0.15, -0.1) is 0 Å². The summed E-state index contributed by atoms with van der Waals surface area (Å²) in [5.41, 5.74) is 0.612. The van der Waals surface area contributed by atoms with Crippen LogP contribution in [0.2, 0.25) is 0 Å². The van der Waals surface area contributed by atoms with Crippen LogP contribution in [0.5, 0.6) is 0 Å². The summed E-state index contributed by atoms with van der Waals surface area (Å²) in [6.45, 7) is 11.4. The van der Waals surface area contributed by atoms with Crippen LogP contribution in [0, 0.1) is 16.7 Å². The lowest BCUT2D eigenvalue weighted by molar-refractivity contribution is -0.153. The van der Waals surface area contributed by atoms with Gasteiger partial charge in [-0.1, -0.05) is 53.2 Å². The van der Waals surface area contributed by atoms with Gasteiger partial charge in [0.25, 0.3) is 0 Å². The molecule has 2 atom stereocenters. The predicted octanol–water partition coefficient (Wildman–Crippen LogP) is 4.27. The second kappa shape index (κ2) is 6.55. The number of allylic oxidation sites excluding steroid dienone is 2. The molecule has 0 amide bonds. The molecule has 1 saturated heterocycles. The molecule has 2 unspecified atom stereocenters. The molecule has 0 bridgehead atoms. The summed E-state index contributed by atoms with van der Waals surface area (Å²) in [6.07, 6.45) is 8.35. The molecule has 0 aromatic rings. The smallest absolute Gasteiger partial charge is 0.317 e. The van der Waals surface area contributed by atoms with E-state index in [1.54, 1.807) is 0 Å². The van der Waals surface area contributed by atoms with E-state index < -0.39 is 0 Å². The van der Waals surface area contributed by atoms with Gasteiger partial charge in [-0.2, -0.15) is 0 Å². The van der Waals surface area contributed by atoms with Gasteiger partial charge >= 0.3 is 11.9 Å². The Morgan fingerprint density at radius 2 is 1.85 bits per heavy atom. The van der Waals surface area contributed by atoms with E-state index in [4.69, 9.17) is 0 Å². The monoisotopic (exact) mass is 280 g/mol. The number of hydrogen-bond acceptors (Lipinski definition) is 3. The van der Waals surface area contributed by atoms with E-state index in [0.717, 1.165) is 12.8 Å². The van der Waals surface area contributed by atoms with E-state index in [9.17, 15) is 9.59 Å². The van der Waals surface area contributed by atoms with Gasteiger partial charge in [0.15, 0.2) is 0 Å². The van der Waals surface area contributed by atoms with Crippen molar-refractivity contribution in [3.05, 3.63) is 12.2 Å². The van der Waals surface area contributed by atoms with Gasteiger partial charge in [-0.3, -0.25) is 9.59 Å². The molecule has 1 heterocycles. The number of ether oxygens (including phenoxy) is 1. The van der Waals surface area contributed by atoms with Crippen molar-refractivity contribution in [2.45, 2.75) is 66.7 Å². The highest BCUT2D eigenvalue weighted by atomic mass is 16.6. The van der Waals surface area contributed by atoms with Crippen LogP contribution in [0.3, 0.4) is 0 Å². The van der Waals surface area contributed by atoms with Crippen molar-refractivity contribution < 1.29 is 14.3 Å². The second-order valence-corrected chi connectivity index (χ2v) is 7.51. The molecule has 20 heavy (non-hydrogen) atoms. The average molecular weight is 280 g/mol. The second-order valence-electron chi connectivity index (χ2n) is 7.51. The van der Waals surface area contributed by atoms with E-state index in [2.05, 4.69) is 45.4 Å². The quantitative estimate of drug-likeness (QED) is 0.414. The maximum atomic E-state index is 11.3. The minimum absolute atomic E-state index is 0.232. The van der Waals surface area contributed by atoms with Crippen LogP contribution in [0.1, 0.15) is 66.7 Å². The highest BCUT2D eigenvalue weighted by molar-refractivity contribution is 5.94. The van der Waals surface area contributed by atoms with E-state index in [-0.39, 0.29) is 24.3 Å².